The lowest BCUT2D eigenvalue weighted by Gasteiger charge is -2.29. The summed E-state index contributed by atoms with van der Waals surface area (Å²) in [5.74, 6) is 1.09. The van der Waals surface area contributed by atoms with Gasteiger partial charge in [0.05, 0.1) is 37.7 Å². The minimum absolute atomic E-state index is 0.0626. The fourth-order valence-corrected chi connectivity index (χ4v) is 4.78. The van der Waals surface area contributed by atoms with Crippen molar-refractivity contribution in [2.45, 2.75) is 5.25 Å². The van der Waals surface area contributed by atoms with E-state index >= 15 is 0 Å². The Labute approximate surface area is 169 Å². The molecule has 29 heavy (non-hydrogen) atoms. The summed E-state index contributed by atoms with van der Waals surface area (Å²) >= 11 is 1.29. The van der Waals surface area contributed by atoms with Crippen LogP contribution in [0.15, 0.2) is 33.6 Å². The van der Waals surface area contributed by atoms with Crippen molar-refractivity contribution in [1.82, 2.24) is 5.16 Å². The van der Waals surface area contributed by atoms with Crippen molar-refractivity contribution in [2.24, 2.45) is 5.73 Å². The average molecular weight is 414 g/mol. The number of ether oxygens (including phenoxy) is 3. The molecule has 0 saturated carbocycles. The van der Waals surface area contributed by atoms with E-state index in [0.717, 1.165) is 11.1 Å². The monoisotopic (exact) mass is 414 g/mol. The number of methoxy groups -OCH3 is 3. The van der Waals surface area contributed by atoms with E-state index in [-0.39, 0.29) is 5.75 Å². The van der Waals surface area contributed by atoms with Crippen molar-refractivity contribution >= 4 is 28.4 Å². The Balaban J connectivity index is 2.18. The van der Waals surface area contributed by atoms with Crippen LogP contribution in [0.25, 0.3) is 21.9 Å². The molecule has 8 nitrogen and oxygen atoms in total. The fourth-order valence-electron chi connectivity index (χ4n) is 3.72. The predicted molar refractivity (Wildman–Crippen MR) is 109 cm³/mol. The average Bonchev–Trinajstić information content (AvgIpc) is 2.73. The van der Waals surface area contributed by atoms with Crippen LogP contribution in [0.5, 0.6) is 17.2 Å². The molecule has 0 fully saturated rings. The summed E-state index contributed by atoms with van der Waals surface area (Å²) in [6.45, 7) is 0. The first-order chi connectivity index (χ1) is 14.0. The number of nitrogens with zero attached hydrogens (tertiary/aromatic N) is 1. The van der Waals surface area contributed by atoms with Crippen LogP contribution in [0.3, 0.4) is 0 Å². The Morgan fingerprint density at radius 1 is 1.21 bits per heavy atom. The number of amides is 1. The Morgan fingerprint density at radius 3 is 2.62 bits per heavy atom. The third-order valence-electron chi connectivity index (χ3n) is 4.83. The standard InChI is InChI=1S/C20H18N2O6S/c1-25-11-6-4-5-9-14(11)19(29-8-13(21)23)17-15-10(20(24)28-22-17)7-12(26-2)18(27-3)16(9)15/h4-7,19H,8H2,1-3H3,(H2,21,23). The van der Waals surface area contributed by atoms with Crippen molar-refractivity contribution in [3.8, 4) is 28.4 Å². The molecule has 0 spiro atoms. The molecule has 0 aliphatic heterocycles. The van der Waals surface area contributed by atoms with Crippen LogP contribution < -0.4 is 25.6 Å². The molecule has 9 heteroatoms. The molecule has 1 heterocycles. The van der Waals surface area contributed by atoms with Gasteiger partial charge in [0.15, 0.2) is 11.5 Å². The van der Waals surface area contributed by atoms with Gasteiger partial charge in [0.2, 0.25) is 5.91 Å². The molecule has 2 N–H and O–H groups in total. The molecule has 1 aromatic heterocycles. The van der Waals surface area contributed by atoms with Gasteiger partial charge >= 0.3 is 5.63 Å². The van der Waals surface area contributed by atoms with Gasteiger partial charge in [-0.15, -0.1) is 11.8 Å². The van der Waals surface area contributed by atoms with E-state index in [1.807, 2.05) is 18.2 Å². The highest BCUT2D eigenvalue weighted by atomic mass is 32.2. The first-order valence-electron chi connectivity index (χ1n) is 8.67. The van der Waals surface area contributed by atoms with Crippen LogP contribution in [0.1, 0.15) is 16.5 Å². The van der Waals surface area contributed by atoms with E-state index in [4.69, 9.17) is 24.5 Å². The van der Waals surface area contributed by atoms with Crippen LogP contribution in [0, 0.1) is 0 Å². The first-order valence-corrected chi connectivity index (χ1v) is 9.72. The highest BCUT2D eigenvalue weighted by molar-refractivity contribution is 8.00. The Bertz CT molecular complexity index is 1190. The Morgan fingerprint density at radius 2 is 1.97 bits per heavy atom. The van der Waals surface area contributed by atoms with Crippen molar-refractivity contribution in [2.75, 3.05) is 27.1 Å². The van der Waals surface area contributed by atoms with E-state index < -0.39 is 16.8 Å². The van der Waals surface area contributed by atoms with Crippen LogP contribution in [-0.4, -0.2) is 38.1 Å². The molecule has 1 atom stereocenters. The second-order valence-electron chi connectivity index (χ2n) is 6.34. The molecule has 0 saturated heterocycles. The lowest BCUT2D eigenvalue weighted by Crippen LogP contribution is -2.18. The number of hydrogen-bond acceptors (Lipinski definition) is 8. The third kappa shape index (κ3) is 2.89. The smallest absolute Gasteiger partial charge is 0.366 e. The van der Waals surface area contributed by atoms with E-state index in [2.05, 4.69) is 5.16 Å². The Kier molecular flexibility index (Phi) is 4.83. The van der Waals surface area contributed by atoms with Gasteiger partial charge in [-0.25, -0.2) is 4.79 Å². The quantitative estimate of drug-likeness (QED) is 0.654. The maximum Gasteiger partial charge on any atom is 0.366 e. The van der Waals surface area contributed by atoms with E-state index in [1.54, 1.807) is 13.2 Å². The number of aromatic nitrogens is 1. The Hall–Kier alpha value is -3.20. The predicted octanol–water partition coefficient (Wildman–Crippen LogP) is 2.50. The van der Waals surface area contributed by atoms with Gasteiger partial charge < -0.3 is 24.5 Å². The molecular formula is C20H18N2O6S. The van der Waals surface area contributed by atoms with E-state index in [9.17, 15) is 9.59 Å². The number of nitrogens with two attached hydrogens (primary N) is 1. The SMILES string of the molecule is COc1cc2c(=O)onc3c2c(c1OC)-c1cccc(OC)c1C3SCC(N)=O. The van der Waals surface area contributed by atoms with Crippen molar-refractivity contribution in [3.05, 3.63) is 45.9 Å². The number of carbonyl (C=O) groups is 1. The summed E-state index contributed by atoms with van der Waals surface area (Å²) in [4.78, 5) is 23.9. The summed E-state index contributed by atoms with van der Waals surface area (Å²) in [7, 11) is 4.60. The number of fused-ring (bicyclic) bond motifs is 2. The summed E-state index contributed by atoms with van der Waals surface area (Å²) in [5.41, 5.74) is 7.55. The van der Waals surface area contributed by atoms with Crippen molar-refractivity contribution in [1.29, 1.82) is 0 Å². The van der Waals surface area contributed by atoms with Gasteiger partial charge in [0.25, 0.3) is 0 Å². The van der Waals surface area contributed by atoms with Gasteiger partial charge in [0.1, 0.15) is 11.4 Å². The van der Waals surface area contributed by atoms with Crippen molar-refractivity contribution in [3.63, 3.8) is 0 Å². The van der Waals surface area contributed by atoms with E-state index in [0.29, 0.717) is 39.3 Å². The number of carbonyl (C=O) groups excluding carboxylic acids is 1. The molecule has 0 radical (unpaired) electrons. The molecule has 0 bridgehead atoms. The molecule has 3 aromatic rings. The zero-order valence-corrected chi connectivity index (χ0v) is 16.8. The van der Waals surface area contributed by atoms with Gasteiger partial charge in [-0.05, 0) is 17.7 Å². The molecule has 4 rings (SSSR count). The maximum atomic E-state index is 12.5. The summed E-state index contributed by atoms with van der Waals surface area (Å²) in [5, 5.41) is 4.58. The highest BCUT2D eigenvalue weighted by Gasteiger charge is 2.36. The van der Waals surface area contributed by atoms with Crippen LogP contribution >= 0.6 is 11.8 Å². The number of benzene rings is 2. The zero-order valence-electron chi connectivity index (χ0n) is 16.0. The molecule has 1 aliphatic carbocycles. The van der Waals surface area contributed by atoms with Crippen LogP contribution in [-0.2, 0) is 4.79 Å². The number of thioether (sulfide) groups is 1. The third-order valence-corrected chi connectivity index (χ3v) is 6.07. The minimum atomic E-state index is -0.587. The summed E-state index contributed by atoms with van der Waals surface area (Å²) < 4.78 is 21.8. The molecule has 1 amide bonds. The lowest BCUT2D eigenvalue weighted by atomic mass is 9.85. The molecule has 2 aromatic carbocycles. The zero-order chi connectivity index (χ0) is 20.7. The second-order valence-corrected chi connectivity index (χ2v) is 7.44. The van der Waals surface area contributed by atoms with Gasteiger partial charge in [0, 0.05) is 16.5 Å². The second kappa shape index (κ2) is 7.32. The van der Waals surface area contributed by atoms with Gasteiger partial charge in [-0.3, -0.25) is 4.79 Å². The summed E-state index contributed by atoms with van der Waals surface area (Å²) in [6, 6.07) is 7.16. The number of primary amides is 1. The molecule has 1 unspecified atom stereocenters. The molecule has 150 valence electrons. The van der Waals surface area contributed by atoms with E-state index in [1.165, 1.54) is 26.0 Å². The highest BCUT2D eigenvalue weighted by Crippen LogP contribution is 2.55. The maximum absolute atomic E-state index is 12.5. The normalized spacial score (nSPS) is 14.4. The minimum Gasteiger partial charge on any atom is -0.496 e. The topological polar surface area (TPSA) is 114 Å². The molecule has 1 aliphatic rings. The fraction of sp³-hybridized carbons (Fsp3) is 0.250. The number of rotatable bonds is 6. The van der Waals surface area contributed by atoms with Crippen LogP contribution in [0.2, 0.25) is 0 Å². The lowest BCUT2D eigenvalue weighted by molar-refractivity contribution is -0.115. The number of hydrogen-bond donors (Lipinski definition) is 1. The van der Waals surface area contributed by atoms with Crippen molar-refractivity contribution < 1.29 is 23.5 Å². The van der Waals surface area contributed by atoms with Gasteiger partial charge in [-0.2, -0.15) is 0 Å². The summed E-state index contributed by atoms with van der Waals surface area (Å²) in [6.07, 6.45) is 0. The largest absolute Gasteiger partial charge is 0.496 e. The molecular weight excluding hydrogens is 396 g/mol. The first kappa shape index (κ1) is 19.1. The van der Waals surface area contributed by atoms with Crippen LogP contribution in [0.4, 0.5) is 0 Å². The van der Waals surface area contributed by atoms with Gasteiger partial charge in [-0.1, -0.05) is 17.3 Å².